The molecule has 0 fully saturated rings. The number of nitrogens with zero attached hydrogens (tertiary/aromatic N) is 3. The quantitative estimate of drug-likeness (QED) is 0.715. The Labute approximate surface area is 132 Å². The third-order valence-corrected chi connectivity index (χ3v) is 3.41. The second kappa shape index (κ2) is 5.88. The highest BCUT2D eigenvalue weighted by molar-refractivity contribution is 6.31. The number of aromatic amines is 1. The SMILES string of the molecule is Cc1cc(Nc2cc(-c3ccccc3)c(C#N)c(Cl)n2)n[nH]1. The van der Waals surface area contributed by atoms with Gasteiger partial charge in [0.1, 0.15) is 17.0 Å². The van der Waals surface area contributed by atoms with Crippen molar-refractivity contribution in [2.24, 2.45) is 0 Å². The summed E-state index contributed by atoms with van der Waals surface area (Å²) in [6.07, 6.45) is 0. The first-order chi connectivity index (χ1) is 10.7. The van der Waals surface area contributed by atoms with Gasteiger partial charge in [0.05, 0.1) is 5.56 Å². The smallest absolute Gasteiger partial charge is 0.153 e. The average Bonchev–Trinajstić information content (AvgIpc) is 2.92. The fraction of sp³-hybridized carbons (Fsp3) is 0.0625. The van der Waals surface area contributed by atoms with Crippen molar-refractivity contribution < 1.29 is 0 Å². The van der Waals surface area contributed by atoms with Gasteiger partial charge in [-0.15, -0.1) is 0 Å². The lowest BCUT2D eigenvalue weighted by Gasteiger charge is -2.09. The Morgan fingerprint density at radius 1 is 1.18 bits per heavy atom. The van der Waals surface area contributed by atoms with Crippen LogP contribution >= 0.6 is 11.6 Å². The van der Waals surface area contributed by atoms with Gasteiger partial charge >= 0.3 is 0 Å². The summed E-state index contributed by atoms with van der Waals surface area (Å²) in [7, 11) is 0. The molecule has 0 amide bonds. The summed E-state index contributed by atoms with van der Waals surface area (Å²) in [5.74, 6) is 1.18. The molecule has 3 rings (SSSR count). The second-order valence-corrected chi connectivity index (χ2v) is 5.12. The number of nitriles is 1. The van der Waals surface area contributed by atoms with E-state index >= 15 is 0 Å². The summed E-state index contributed by atoms with van der Waals surface area (Å²) in [5.41, 5.74) is 2.93. The van der Waals surface area contributed by atoms with Crippen LogP contribution in [0.25, 0.3) is 11.1 Å². The van der Waals surface area contributed by atoms with E-state index in [1.54, 1.807) is 6.07 Å². The number of nitrogens with one attached hydrogen (secondary N) is 2. The molecule has 0 aliphatic rings. The molecule has 2 heterocycles. The number of hydrogen-bond acceptors (Lipinski definition) is 4. The van der Waals surface area contributed by atoms with Crippen LogP contribution in [0, 0.1) is 18.3 Å². The Morgan fingerprint density at radius 3 is 2.59 bits per heavy atom. The van der Waals surface area contributed by atoms with Gasteiger partial charge in [-0.3, -0.25) is 5.10 Å². The number of rotatable bonds is 3. The van der Waals surface area contributed by atoms with Gasteiger partial charge in [0, 0.05) is 17.3 Å². The van der Waals surface area contributed by atoms with Gasteiger partial charge in [0.25, 0.3) is 0 Å². The van der Waals surface area contributed by atoms with E-state index in [0.717, 1.165) is 16.8 Å². The molecule has 0 atom stereocenters. The van der Waals surface area contributed by atoms with E-state index in [4.69, 9.17) is 11.6 Å². The molecule has 0 unspecified atom stereocenters. The van der Waals surface area contributed by atoms with Gasteiger partial charge in [-0.05, 0) is 18.6 Å². The van der Waals surface area contributed by atoms with Gasteiger partial charge in [0.2, 0.25) is 0 Å². The fourth-order valence-electron chi connectivity index (χ4n) is 2.14. The van der Waals surface area contributed by atoms with Crippen LogP contribution in [0.5, 0.6) is 0 Å². The summed E-state index contributed by atoms with van der Waals surface area (Å²) >= 11 is 6.15. The molecule has 6 heteroatoms. The predicted octanol–water partition coefficient (Wildman–Crippen LogP) is 4.05. The van der Waals surface area contributed by atoms with Crippen LogP contribution in [0.2, 0.25) is 5.15 Å². The van der Waals surface area contributed by atoms with E-state index in [1.165, 1.54) is 0 Å². The van der Waals surface area contributed by atoms with Crippen LogP contribution < -0.4 is 5.32 Å². The minimum absolute atomic E-state index is 0.165. The molecule has 3 aromatic rings. The first-order valence-electron chi connectivity index (χ1n) is 6.62. The van der Waals surface area contributed by atoms with E-state index in [-0.39, 0.29) is 5.15 Å². The Kier molecular flexibility index (Phi) is 3.77. The molecule has 0 radical (unpaired) electrons. The lowest BCUT2D eigenvalue weighted by Crippen LogP contribution is -1.98. The summed E-state index contributed by atoms with van der Waals surface area (Å²) in [4.78, 5) is 4.21. The van der Waals surface area contributed by atoms with Crippen molar-refractivity contribution in [1.29, 1.82) is 5.26 Å². The molecule has 0 spiro atoms. The van der Waals surface area contributed by atoms with Crippen molar-refractivity contribution in [2.45, 2.75) is 6.92 Å². The van der Waals surface area contributed by atoms with Gasteiger partial charge in [-0.2, -0.15) is 10.4 Å². The molecule has 0 bridgehead atoms. The fourth-order valence-corrected chi connectivity index (χ4v) is 2.38. The zero-order valence-electron chi connectivity index (χ0n) is 11.8. The Bertz CT molecular complexity index is 849. The molecule has 0 saturated heterocycles. The number of aromatic nitrogens is 3. The van der Waals surface area contributed by atoms with E-state index in [9.17, 15) is 5.26 Å². The van der Waals surface area contributed by atoms with Crippen molar-refractivity contribution in [1.82, 2.24) is 15.2 Å². The van der Waals surface area contributed by atoms with Crippen LogP contribution in [0.15, 0.2) is 42.5 Å². The van der Waals surface area contributed by atoms with E-state index in [2.05, 4.69) is 26.6 Å². The van der Waals surface area contributed by atoms with Crippen LogP contribution in [-0.4, -0.2) is 15.2 Å². The van der Waals surface area contributed by atoms with Crippen molar-refractivity contribution in [3.63, 3.8) is 0 Å². The molecule has 108 valence electrons. The minimum atomic E-state index is 0.165. The maximum atomic E-state index is 9.33. The Morgan fingerprint density at radius 2 is 1.95 bits per heavy atom. The molecular weight excluding hydrogens is 298 g/mol. The number of H-pyrrole nitrogens is 1. The monoisotopic (exact) mass is 309 g/mol. The van der Waals surface area contributed by atoms with E-state index in [0.29, 0.717) is 17.2 Å². The van der Waals surface area contributed by atoms with Crippen molar-refractivity contribution in [2.75, 3.05) is 5.32 Å². The Balaban J connectivity index is 2.07. The van der Waals surface area contributed by atoms with Gasteiger partial charge in [-0.25, -0.2) is 4.98 Å². The molecule has 2 aromatic heterocycles. The first-order valence-corrected chi connectivity index (χ1v) is 7.00. The summed E-state index contributed by atoms with van der Waals surface area (Å²) in [5, 5.41) is 19.5. The lowest BCUT2D eigenvalue weighted by atomic mass is 10.0. The van der Waals surface area contributed by atoms with Crippen LogP contribution in [-0.2, 0) is 0 Å². The minimum Gasteiger partial charge on any atom is -0.323 e. The van der Waals surface area contributed by atoms with Crippen molar-refractivity contribution in [3.05, 3.63) is 58.9 Å². The summed E-state index contributed by atoms with van der Waals surface area (Å²) in [6.45, 7) is 1.91. The molecule has 22 heavy (non-hydrogen) atoms. The van der Waals surface area contributed by atoms with Crippen LogP contribution in [0.3, 0.4) is 0 Å². The van der Waals surface area contributed by atoms with Gasteiger partial charge in [0.15, 0.2) is 5.82 Å². The number of halogens is 1. The van der Waals surface area contributed by atoms with Crippen molar-refractivity contribution >= 4 is 23.2 Å². The number of pyridine rings is 1. The van der Waals surface area contributed by atoms with Crippen LogP contribution in [0.4, 0.5) is 11.6 Å². The topological polar surface area (TPSA) is 77.4 Å². The molecule has 5 nitrogen and oxygen atoms in total. The number of aryl methyl sites for hydroxylation is 1. The summed E-state index contributed by atoms with van der Waals surface area (Å²) < 4.78 is 0. The zero-order chi connectivity index (χ0) is 15.5. The molecule has 0 saturated carbocycles. The highest BCUT2D eigenvalue weighted by Gasteiger charge is 2.13. The molecule has 2 N–H and O–H groups in total. The van der Waals surface area contributed by atoms with E-state index in [1.807, 2.05) is 43.3 Å². The number of benzene rings is 1. The van der Waals surface area contributed by atoms with Crippen LogP contribution in [0.1, 0.15) is 11.3 Å². The third-order valence-electron chi connectivity index (χ3n) is 3.13. The largest absolute Gasteiger partial charge is 0.323 e. The maximum absolute atomic E-state index is 9.33. The molecular formula is C16H12ClN5. The van der Waals surface area contributed by atoms with Gasteiger partial charge < -0.3 is 5.32 Å². The highest BCUT2D eigenvalue weighted by Crippen LogP contribution is 2.30. The number of anilines is 2. The standard InChI is InChI=1S/C16H12ClN5/c1-10-7-15(22-21-10)19-14-8-12(11-5-3-2-4-6-11)13(9-18)16(17)20-14/h2-8H,1H3,(H2,19,20,21,22). The first kappa shape index (κ1) is 14.1. The third kappa shape index (κ3) is 2.78. The summed E-state index contributed by atoms with van der Waals surface area (Å²) in [6, 6.07) is 15.4. The lowest BCUT2D eigenvalue weighted by molar-refractivity contribution is 1.05. The Hall–Kier alpha value is -2.84. The maximum Gasteiger partial charge on any atom is 0.153 e. The molecule has 0 aliphatic heterocycles. The van der Waals surface area contributed by atoms with Crippen molar-refractivity contribution in [3.8, 4) is 17.2 Å². The highest BCUT2D eigenvalue weighted by atomic mass is 35.5. The normalized spacial score (nSPS) is 10.2. The van der Waals surface area contributed by atoms with E-state index < -0.39 is 0 Å². The average molecular weight is 310 g/mol. The number of hydrogen-bond donors (Lipinski definition) is 2. The molecule has 1 aromatic carbocycles. The second-order valence-electron chi connectivity index (χ2n) is 4.76. The van der Waals surface area contributed by atoms with Gasteiger partial charge in [-0.1, -0.05) is 41.9 Å². The zero-order valence-corrected chi connectivity index (χ0v) is 12.5. The molecule has 0 aliphatic carbocycles. The predicted molar refractivity (Wildman–Crippen MR) is 86.0 cm³/mol.